The number of hydrogen-bond acceptors (Lipinski definition) is 4. The summed E-state index contributed by atoms with van der Waals surface area (Å²) in [7, 11) is 0. The highest BCUT2D eigenvalue weighted by atomic mass is 16.7. The molecule has 0 radical (unpaired) electrons. The molecule has 0 aromatic heterocycles. The molecule has 22 heavy (non-hydrogen) atoms. The van der Waals surface area contributed by atoms with Crippen molar-refractivity contribution in [2.24, 2.45) is 10.9 Å². The molecule has 1 fully saturated rings. The Morgan fingerprint density at radius 3 is 2.73 bits per heavy atom. The number of piperidine rings is 1. The molecule has 2 rings (SSSR count). The van der Waals surface area contributed by atoms with Crippen LogP contribution in [0.1, 0.15) is 24.8 Å². The Morgan fingerprint density at radius 1 is 1.32 bits per heavy atom. The zero-order valence-electron chi connectivity index (χ0n) is 12.1. The number of benzene rings is 1. The zero-order valence-corrected chi connectivity index (χ0v) is 12.1. The van der Waals surface area contributed by atoms with Crippen LogP contribution in [0.2, 0.25) is 0 Å². The lowest BCUT2D eigenvalue weighted by atomic mass is 10.0. The van der Waals surface area contributed by atoms with Gasteiger partial charge in [0.15, 0.2) is 5.84 Å². The molecule has 0 spiro atoms. The van der Waals surface area contributed by atoms with Crippen LogP contribution in [-0.4, -0.2) is 40.5 Å². The van der Waals surface area contributed by atoms with Gasteiger partial charge in [-0.3, -0.25) is 4.90 Å². The lowest BCUT2D eigenvalue weighted by Crippen LogP contribution is -2.50. The molecule has 3 N–H and O–H groups in total. The summed E-state index contributed by atoms with van der Waals surface area (Å²) in [6, 6.07) is 8.59. The molecule has 0 bridgehead atoms. The van der Waals surface area contributed by atoms with E-state index in [1.165, 1.54) is 4.90 Å². The van der Waals surface area contributed by atoms with E-state index in [4.69, 9.17) is 15.7 Å². The van der Waals surface area contributed by atoms with E-state index in [0.29, 0.717) is 13.0 Å². The first kappa shape index (κ1) is 15.8. The second-order valence-corrected chi connectivity index (χ2v) is 5.13. The predicted molar refractivity (Wildman–Crippen MR) is 80.2 cm³/mol. The van der Waals surface area contributed by atoms with Gasteiger partial charge in [0, 0.05) is 6.54 Å². The third-order valence-corrected chi connectivity index (χ3v) is 3.53. The molecule has 7 nitrogen and oxygen atoms in total. The predicted octanol–water partition coefficient (Wildman–Crippen LogP) is 1.58. The van der Waals surface area contributed by atoms with Gasteiger partial charge >= 0.3 is 12.1 Å². The van der Waals surface area contributed by atoms with Gasteiger partial charge in [-0.2, -0.15) is 0 Å². The van der Waals surface area contributed by atoms with Gasteiger partial charge in [0.2, 0.25) is 0 Å². The Labute approximate surface area is 128 Å². The summed E-state index contributed by atoms with van der Waals surface area (Å²) in [4.78, 5) is 28.9. The fraction of sp³-hybridized carbons (Fsp3) is 0.400. The number of hydrogen-bond donors (Lipinski definition) is 2. The Balaban J connectivity index is 1.93. The number of nitrogens with zero attached hydrogens (tertiary/aromatic N) is 2. The van der Waals surface area contributed by atoms with E-state index in [1.807, 2.05) is 30.3 Å². The molecule has 0 saturated carbocycles. The average molecular weight is 305 g/mol. The summed E-state index contributed by atoms with van der Waals surface area (Å²) >= 11 is 0. The van der Waals surface area contributed by atoms with Crippen LogP contribution in [0.25, 0.3) is 0 Å². The van der Waals surface area contributed by atoms with Crippen molar-refractivity contribution >= 4 is 17.9 Å². The van der Waals surface area contributed by atoms with E-state index in [9.17, 15) is 9.59 Å². The lowest BCUT2D eigenvalue weighted by molar-refractivity contribution is -0.142. The van der Waals surface area contributed by atoms with Gasteiger partial charge in [-0.25, -0.2) is 9.59 Å². The summed E-state index contributed by atoms with van der Waals surface area (Å²) in [5, 5.41) is 12.8. The minimum Gasteiger partial charge on any atom is -0.465 e. The molecule has 1 aliphatic rings. The third kappa shape index (κ3) is 4.21. The van der Waals surface area contributed by atoms with Crippen LogP contribution in [0.3, 0.4) is 0 Å². The molecule has 0 unspecified atom stereocenters. The Kier molecular flexibility index (Phi) is 5.35. The molecule has 7 heteroatoms. The fourth-order valence-electron chi connectivity index (χ4n) is 2.43. The van der Waals surface area contributed by atoms with Crippen LogP contribution in [0.4, 0.5) is 4.79 Å². The largest absolute Gasteiger partial charge is 0.465 e. The third-order valence-electron chi connectivity index (χ3n) is 3.53. The van der Waals surface area contributed by atoms with Crippen molar-refractivity contribution in [1.82, 2.24) is 4.90 Å². The van der Waals surface area contributed by atoms with Gasteiger partial charge in [0.1, 0.15) is 0 Å². The molecule has 1 atom stereocenters. The van der Waals surface area contributed by atoms with Gasteiger partial charge in [0.05, 0.1) is 12.5 Å². The number of amides is 1. The average Bonchev–Trinajstić information content (AvgIpc) is 2.53. The number of amidine groups is 1. The van der Waals surface area contributed by atoms with E-state index < -0.39 is 18.1 Å². The van der Waals surface area contributed by atoms with E-state index in [1.54, 1.807) is 0 Å². The van der Waals surface area contributed by atoms with Crippen LogP contribution in [0.15, 0.2) is 35.5 Å². The second kappa shape index (κ2) is 7.44. The second-order valence-electron chi connectivity index (χ2n) is 5.13. The van der Waals surface area contributed by atoms with Gasteiger partial charge in [0.25, 0.3) is 0 Å². The molecule has 0 aliphatic carbocycles. The fourth-order valence-corrected chi connectivity index (χ4v) is 2.43. The smallest absolute Gasteiger partial charge is 0.407 e. The number of oxime groups is 1. The first-order valence-electron chi connectivity index (χ1n) is 7.14. The summed E-state index contributed by atoms with van der Waals surface area (Å²) < 4.78 is 0. The van der Waals surface area contributed by atoms with Crippen LogP contribution in [-0.2, 0) is 16.1 Å². The van der Waals surface area contributed by atoms with E-state index in [-0.39, 0.29) is 12.3 Å². The van der Waals surface area contributed by atoms with E-state index in [2.05, 4.69) is 5.16 Å². The maximum Gasteiger partial charge on any atom is 0.407 e. The van der Waals surface area contributed by atoms with Gasteiger partial charge in [-0.15, -0.1) is 0 Å². The molecular formula is C15H19N3O4. The topological polar surface area (TPSA) is 105 Å². The standard InChI is InChI=1S/C15H19N3O4/c16-14(12-8-4-5-9-18(12)15(20)21)17-22-13(19)10-11-6-2-1-3-7-11/h1-3,6-7,12H,4-5,8-10H2,(H2,16,17)(H,20,21)/t12-/m0/s1. The van der Waals surface area contributed by atoms with Gasteiger partial charge in [-0.1, -0.05) is 35.5 Å². The lowest BCUT2D eigenvalue weighted by Gasteiger charge is -2.32. The maximum absolute atomic E-state index is 11.7. The van der Waals surface area contributed by atoms with Crippen LogP contribution >= 0.6 is 0 Å². The normalized spacial score (nSPS) is 18.8. The molecule has 1 aromatic rings. The van der Waals surface area contributed by atoms with Gasteiger partial charge in [-0.05, 0) is 24.8 Å². The summed E-state index contributed by atoms with van der Waals surface area (Å²) in [6.07, 6.45) is 1.29. The number of carbonyl (C=O) groups is 2. The Bertz CT molecular complexity index is 559. The van der Waals surface area contributed by atoms with Crippen LogP contribution in [0.5, 0.6) is 0 Å². The van der Waals surface area contributed by atoms with E-state index >= 15 is 0 Å². The van der Waals surface area contributed by atoms with Crippen molar-refractivity contribution in [3.63, 3.8) is 0 Å². The summed E-state index contributed by atoms with van der Waals surface area (Å²) in [5.74, 6) is -0.518. The molecule has 118 valence electrons. The molecule has 1 amide bonds. The Hall–Kier alpha value is -2.57. The minimum atomic E-state index is -1.04. The summed E-state index contributed by atoms with van der Waals surface area (Å²) in [6.45, 7) is 0.411. The van der Waals surface area contributed by atoms with E-state index in [0.717, 1.165) is 18.4 Å². The first-order valence-corrected chi connectivity index (χ1v) is 7.14. The first-order chi connectivity index (χ1) is 10.6. The van der Waals surface area contributed by atoms with Crippen LogP contribution in [0, 0.1) is 0 Å². The van der Waals surface area contributed by atoms with Crippen molar-refractivity contribution in [3.05, 3.63) is 35.9 Å². The molecule has 1 heterocycles. The number of carbonyl (C=O) groups excluding carboxylic acids is 1. The van der Waals surface area contributed by atoms with Crippen molar-refractivity contribution in [1.29, 1.82) is 0 Å². The number of rotatable bonds is 4. The number of carboxylic acid groups (broad SMARTS) is 1. The van der Waals surface area contributed by atoms with Crippen LogP contribution < -0.4 is 5.73 Å². The van der Waals surface area contributed by atoms with Gasteiger partial charge < -0.3 is 15.7 Å². The zero-order chi connectivity index (χ0) is 15.9. The summed E-state index contributed by atoms with van der Waals surface area (Å²) in [5.41, 5.74) is 6.60. The highest BCUT2D eigenvalue weighted by molar-refractivity contribution is 5.89. The SMILES string of the molecule is N/C(=N\OC(=O)Cc1ccccc1)[C@@H]1CCCCN1C(=O)O. The van der Waals surface area contributed by atoms with Crippen molar-refractivity contribution in [3.8, 4) is 0 Å². The van der Waals surface area contributed by atoms with Crippen molar-refractivity contribution < 1.29 is 19.5 Å². The molecular weight excluding hydrogens is 286 g/mol. The molecule has 1 saturated heterocycles. The minimum absolute atomic E-state index is 0.0171. The maximum atomic E-state index is 11.7. The quantitative estimate of drug-likeness (QED) is 0.380. The highest BCUT2D eigenvalue weighted by Crippen LogP contribution is 2.17. The monoisotopic (exact) mass is 305 g/mol. The Morgan fingerprint density at radius 2 is 2.05 bits per heavy atom. The number of likely N-dealkylation sites (tertiary alicyclic amines) is 1. The van der Waals surface area contributed by atoms with Crippen molar-refractivity contribution in [2.45, 2.75) is 31.7 Å². The highest BCUT2D eigenvalue weighted by Gasteiger charge is 2.29. The van der Waals surface area contributed by atoms with Crippen molar-refractivity contribution in [2.75, 3.05) is 6.54 Å². The molecule has 1 aliphatic heterocycles. The molecule has 1 aromatic carbocycles. The number of nitrogens with two attached hydrogens (primary N) is 1.